The number of carbonyl (C=O) groups excluding carboxylic acids is 1. The van der Waals surface area contributed by atoms with Gasteiger partial charge in [-0.2, -0.15) is 5.10 Å². The Hall–Kier alpha value is -3.71. The molecule has 0 aliphatic heterocycles. The topological polar surface area (TPSA) is 78.3 Å². The van der Waals surface area contributed by atoms with Crippen LogP contribution in [0.2, 0.25) is 0 Å². The molecule has 0 saturated heterocycles. The molecule has 1 aliphatic rings. The third-order valence-electron chi connectivity index (χ3n) is 5.99. The van der Waals surface area contributed by atoms with Crippen LogP contribution in [0, 0.1) is 6.92 Å². The van der Waals surface area contributed by atoms with E-state index in [-0.39, 0.29) is 12.0 Å². The summed E-state index contributed by atoms with van der Waals surface area (Å²) in [5.74, 6) is 0.285. The van der Waals surface area contributed by atoms with Gasteiger partial charge in [-0.25, -0.2) is 4.98 Å². The minimum Gasteiger partial charge on any atom is -0.494 e. The lowest BCUT2D eigenvalue weighted by Crippen LogP contribution is -2.33. The maximum absolute atomic E-state index is 12.7. The molecule has 2 aromatic heterocycles. The summed E-state index contributed by atoms with van der Waals surface area (Å²) >= 11 is 0. The molecule has 0 unspecified atom stereocenters. The number of nitrogens with zero attached hydrogens (tertiary/aromatic N) is 3. The van der Waals surface area contributed by atoms with E-state index in [2.05, 4.69) is 22.4 Å². The molecule has 1 N–H and O–H groups in total. The molecule has 2 heterocycles. The highest BCUT2D eigenvalue weighted by molar-refractivity contribution is 6.05. The van der Waals surface area contributed by atoms with Gasteiger partial charge in [0.25, 0.3) is 5.91 Å². The van der Waals surface area contributed by atoms with E-state index in [1.807, 2.05) is 60.3 Å². The predicted octanol–water partition coefficient (Wildman–Crippen LogP) is 4.92. The van der Waals surface area contributed by atoms with Crippen molar-refractivity contribution in [3.8, 4) is 5.75 Å². The summed E-state index contributed by atoms with van der Waals surface area (Å²) in [6.07, 6.45) is 4.13. The molecule has 7 heteroatoms. The molecular formula is C26H26N4O3. The zero-order valence-electron chi connectivity index (χ0n) is 18.7. The number of nitrogens with one attached hydrogen (secondary N) is 1. The van der Waals surface area contributed by atoms with Crippen molar-refractivity contribution in [2.24, 2.45) is 0 Å². The van der Waals surface area contributed by atoms with Crippen molar-refractivity contribution >= 4 is 22.5 Å². The van der Waals surface area contributed by atoms with Gasteiger partial charge in [-0.05, 0) is 43.5 Å². The normalized spacial score (nSPS) is 17.5. The van der Waals surface area contributed by atoms with Gasteiger partial charge in [0, 0.05) is 23.3 Å². The molecule has 7 nitrogen and oxygen atoms in total. The number of hydrogen-bond donors (Lipinski definition) is 1. The van der Waals surface area contributed by atoms with Crippen molar-refractivity contribution in [3.63, 3.8) is 0 Å². The first-order valence-electron chi connectivity index (χ1n) is 11.1. The van der Waals surface area contributed by atoms with Crippen LogP contribution in [0.25, 0.3) is 10.9 Å². The number of methoxy groups -OCH3 is 1. The van der Waals surface area contributed by atoms with Crippen molar-refractivity contribution in [1.29, 1.82) is 0 Å². The number of fused-ring (bicyclic) bond motifs is 1. The van der Waals surface area contributed by atoms with Crippen LogP contribution in [0.4, 0.5) is 5.69 Å². The van der Waals surface area contributed by atoms with Gasteiger partial charge in [0.1, 0.15) is 11.4 Å². The number of aromatic nitrogens is 3. The number of carbonyl (C=O) groups is 1. The molecule has 0 spiro atoms. The Morgan fingerprint density at radius 1 is 1.12 bits per heavy atom. The average molecular weight is 443 g/mol. The number of anilines is 1. The predicted molar refractivity (Wildman–Crippen MR) is 127 cm³/mol. The van der Waals surface area contributed by atoms with Crippen molar-refractivity contribution in [1.82, 2.24) is 14.8 Å². The molecule has 168 valence electrons. The lowest BCUT2D eigenvalue weighted by atomic mass is 9.89. The van der Waals surface area contributed by atoms with E-state index < -0.39 is 0 Å². The Morgan fingerprint density at radius 3 is 2.70 bits per heavy atom. The average Bonchev–Trinajstić information content (AvgIpc) is 3.20. The molecular weight excluding hydrogens is 416 g/mol. The molecule has 4 aromatic rings. The smallest absolute Gasteiger partial charge is 0.274 e. The summed E-state index contributed by atoms with van der Waals surface area (Å²) in [4.78, 5) is 17.0. The molecule has 0 atom stereocenters. The van der Waals surface area contributed by atoms with Crippen LogP contribution in [0.1, 0.15) is 40.6 Å². The van der Waals surface area contributed by atoms with Crippen molar-refractivity contribution < 1.29 is 14.3 Å². The summed E-state index contributed by atoms with van der Waals surface area (Å²) < 4.78 is 13.5. The SMILES string of the molecule is COc1cc2nn(C3CC(OCc4ccccc4)C3)cc2cc1NC(=O)c1cccc(C)n1. The Bertz CT molecular complexity index is 1280. The van der Waals surface area contributed by atoms with Gasteiger partial charge in [-0.15, -0.1) is 0 Å². The first kappa shape index (κ1) is 21.2. The molecule has 33 heavy (non-hydrogen) atoms. The quantitative estimate of drug-likeness (QED) is 0.439. The molecule has 1 amide bonds. The summed E-state index contributed by atoms with van der Waals surface area (Å²) in [7, 11) is 1.58. The van der Waals surface area contributed by atoms with Crippen LogP contribution in [-0.4, -0.2) is 33.9 Å². The molecule has 1 fully saturated rings. The second-order valence-corrected chi connectivity index (χ2v) is 8.38. The molecule has 5 rings (SSSR count). The van der Waals surface area contributed by atoms with Gasteiger partial charge in [-0.1, -0.05) is 36.4 Å². The first-order valence-corrected chi connectivity index (χ1v) is 11.1. The molecule has 2 aromatic carbocycles. The lowest BCUT2D eigenvalue weighted by molar-refractivity contribution is -0.0382. The lowest BCUT2D eigenvalue weighted by Gasteiger charge is -2.35. The highest BCUT2D eigenvalue weighted by Gasteiger charge is 2.32. The Kier molecular flexibility index (Phi) is 5.79. The fourth-order valence-corrected chi connectivity index (χ4v) is 4.06. The van der Waals surface area contributed by atoms with Crippen LogP contribution in [0.3, 0.4) is 0 Å². The van der Waals surface area contributed by atoms with Crippen LogP contribution < -0.4 is 10.1 Å². The Labute approximate surface area is 192 Å². The standard InChI is InChI=1S/C26H26N4O3/c1-17-7-6-10-22(27-17)26(31)28-24-11-19-15-30(29-23(19)14-25(24)32-2)20-12-21(13-20)33-16-18-8-4-3-5-9-18/h3-11,14-15,20-21H,12-13,16H2,1-2H3,(H,28,31). The van der Waals surface area contributed by atoms with Crippen LogP contribution in [-0.2, 0) is 11.3 Å². The Balaban J connectivity index is 1.27. The second kappa shape index (κ2) is 9.03. The molecule has 0 bridgehead atoms. The molecule has 0 radical (unpaired) electrons. The number of ether oxygens (including phenoxy) is 2. The van der Waals surface area contributed by atoms with Gasteiger partial charge in [0.2, 0.25) is 0 Å². The van der Waals surface area contributed by atoms with E-state index in [0.717, 1.165) is 29.4 Å². The van der Waals surface area contributed by atoms with Crippen molar-refractivity contribution in [3.05, 3.63) is 83.8 Å². The maximum atomic E-state index is 12.7. The third kappa shape index (κ3) is 4.59. The maximum Gasteiger partial charge on any atom is 0.274 e. The van der Waals surface area contributed by atoms with Crippen LogP contribution >= 0.6 is 0 Å². The number of rotatable bonds is 7. The summed E-state index contributed by atoms with van der Waals surface area (Å²) in [6, 6.07) is 19.6. The van der Waals surface area contributed by atoms with Gasteiger partial charge < -0.3 is 14.8 Å². The first-order chi connectivity index (χ1) is 16.1. The Morgan fingerprint density at radius 2 is 1.94 bits per heavy atom. The van der Waals surface area contributed by atoms with Gasteiger partial charge in [0.15, 0.2) is 0 Å². The fourth-order valence-electron chi connectivity index (χ4n) is 4.06. The zero-order chi connectivity index (χ0) is 22.8. The van der Waals surface area contributed by atoms with E-state index in [4.69, 9.17) is 14.6 Å². The highest BCUT2D eigenvalue weighted by Crippen LogP contribution is 2.37. The van der Waals surface area contributed by atoms with Crippen LogP contribution in [0.5, 0.6) is 5.75 Å². The van der Waals surface area contributed by atoms with Gasteiger partial charge in [-0.3, -0.25) is 9.48 Å². The second-order valence-electron chi connectivity index (χ2n) is 8.38. The number of aryl methyl sites for hydroxylation is 1. The van der Waals surface area contributed by atoms with E-state index >= 15 is 0 Å². The van der Waals surface area contributed by atoms with E-state index in [1.165, 1.54) is 5.56 Å². The van der Waals surface area contributed by atoms with Crippen LogP contribution in [0.15, 0.2) is 66.9 Å². The number of benzene rings is 2. The van der Waals surface area contributed by atoms with Gasteiger partial charge >= 0.3 is 0 Å². The van der Waals surface area contributed by atoms with E-state index in [9.17, 15) is 4.79 Å². The number of pyridine rings is 1. The van der Waals surface area contributed by atoms with Gasteiger partial charge in [0.05, 0.1) is 37.1 Å². The molecule has 1 saturated carbocycles. The highest BCUT2D eigenvalue weighted by atomic mass is 16.5. The zero-order valence-corrected chi connectivity index (χ0v) is 18.7. The minimum absolute atomic E-state index is 0.244. The number of hydrogen-bond acceptors (Lipinski definition) is 5. The van der Waals surface area contributed by atoms with E-state index in [1.54, 1.807) is 13.2 Å². The van der Waals surface area contributed by atoms with Crippen molar-refractivity contribution in [2.45, 2.75) is 38.5 Å². The minimum atomic E-state index is -0.277. The summed E-state index contributed by atoms with van der Waals surface area (Å²) in [5, 5.41) is 8.60. The van der Waals surface area contributed by atoms with Crippen molar-refractivity contribution in [2.75, 3.05) is 12.4 Å². The monoisotopic (exact) mass is 442 g/mol. The summed E-state index contributed by atoms with van der Waals surface area (Å²) in [5.41, 5.74) is 3.76. The number of amides is 1. The fraction of sp³-hybridized carbons (Fsp3) is 0.269. The molecule has 1 aliphatic carbocycles. The largest absolute Gasteiger partial charge is 0.494 e. The summed E-state index contributed by atoms with van der Waals surface area (Å²) in [6.45, 7) is 2.49. The third-order valence-corrected chi connectivity index (χ3v) is 5.99. The van der Waals surface area contributed by atoms with E-state index in [0.29, 0.717) is 29.8 Å².